The third-order valence-corrected chi connectivity index (χ3v) is 6.32. The summed E-state index contributed by atoms with van der Waals surface area (Å²) in [5.74, 6) is 0. The maximum absolute atomic E-state index is 13.9. The molecule has 0 aliphatic rings. The zero-order chi connectivity index (χ0) is 20.1. The van der Waals surface area contributed by atoms with Gasteiger partial charge in [0.05, 0.1) is 23.0 Å². The Bertz CT molecular complexity index is 952. The van der Waals surface area contributed by atoms with Gasteiger partial charge in [-0.15, -0.1) is 0 Å². The Morgan fingerprint density at radius 1 is 0.778 bits per heavy atom. The van der Waals surface area contributed by atoms with Crippen LogP contribution in [0.25, 0.3) is 0 Å². The molecule has 0 aliphatic carbocycles. The van der Waals surface area contributed by atoms with Gasteiger partial charge in [-0.2, -0.15) is 16.8 Å². The lowest BCUT2D eigenvalue weighted by molar-refractivity contribution is 0.168. The number of aryl methyl sites for hydroxylation is 2. The molecule has 0 spiro atoms. The fourth-order valence-electron chi connectivity index (χ4n) is 2.08. The summed E-state index contributed by atoms with van der Waals surface area (Å²) in [6, 6.07) is 12.0. The number of benzene rings is 2. The average molecular weight is 416 g/mol. The SMILES string of the molecule is Cc1ccc(S(=O)(=O)OCC[C@@H](F)COS(=O)(=O)c2ccc(C)cc2)cc1. The molecule has 0 heterocycles. The van der Waals surface area contributed by atoms with Gasteiger partial charge in [0.25, 0.3) is 20.2 Å². The van der Waals surface area contributed by atoms with Crippen LogP contribution in [0.1, 0.15) is 17.5 Å². The lowest BCUT2D eigenvalue weighted by Gasteiger charge is -2.10. The maximum atomic E-state index is 13.9. The van der Waals surface area contributed by atoms with Crippen LogP contribution in [0, 0.1) is 13.8 Å². The van der Waals surface area contributed by atoms with Crippen LogP contribution < -0.4 is 0 Å². The number of hydrogen-bond donors (Lipinski definition) is 0. The Morgan fingerprint density at radius 2 is 1.19 bits per heavy atom. The number of rotatable bonds is 9. The molecular formula is C18H21FO6S2. The molecule has 0 N–H and O–H groups in total. The molecule has 9 heteroatoms. The van der Waals surface area contributed by atoms with E-state index in [2.05, 4.69) is 4.18 Å². The molecule has 2 rings (SSSR count). The van der Waals surface area contributed by atoms with Gasteiger partial charge in [-0.1, -0.05) is 35.4 Å². The predicted octanol–water partition coefficient (Wildman–Crippen LogP) is 3.14. The molecule has 0 amide bonds. The number of hydrogen-bond acceptors (Lipinski definition) is 6. The van der Waals surface area contributed by atoms with Gasteiger partial charge in [-0.05, 0) is 38.1 Å². The monoisotopic (exact) mass is 416 g/mol. The molecule has 27 heavy (non-hydrogen) atoms. The summed E-state index contributed by atoms with van der Waals surface area (Å²) in [7, 11) is -8.06. The molecule has 0 aromatic heterocycles. The second kappa shape index (κ2) is 8.92. The Hall–Kier alpha value is -1.81. The maximum Gasteiger partial charge on any atom is 0.297 e. The minimum atomic E-state index is -4.07. The van der Waals surface area contributed by atoms with Crippen molar-refractivity contribution in [1.29, 1.82) is 0 Å². The van der Waals surface area contributed by atoms with Crippen molar-refractivity contribution in [2.45, 2.75) is 36.2 Å². The summed E-state index contributed by atoms with van der Waals surface area (Å²) in [6.45, 7) is 2.48. The fourth-order valence-corrected chi connectivity index (χ4v) is 3.93. The lowest BCUT2D eigenvalue weighted by atomic mass is 10.2. The fraction of sp³-hybridized carbons (Fsp3) is 0.333. The van der Waals surface area contributed by atoms with Crippen molar-refractivity contribution in [3.05, 3.63) is 59.7 Å². The smallest absolute Gasteiger partial charge is 0.266 e. The topological polar surface area (TPSA) is 86.7 Å². The molecule has 2 aromatic rings. The first kappa shape index (κ1) is 21.5. The van der Waals surface area contributed by atoms with Crippen molar-refractivity contribution in [3.8, 4) is 0 Å². The van der Waals surface area contributed by atoms with E-state index in [4.69, 9.17) is 4.18 Å². The lowest BCUT2D eigenvalue weighted by Crippen LogP contribution is -2.18. The molecule has 1 atom stereocenters. The van der Waals surface area contributed by atoms with E-state index in [0.29, 0.717) is 0 Å². The van der Waals surface area contributed by atoms with Crippen LogP contribution in [-0.2, 0) is 28.6 Å². The van der Waals surface area contributed by atoms with Gasteiger partial charge < -0.3 is 0 Å². The van der Waals surface area contributed by atoms with Crippen LogP contribution in [0.4, 0.5) is 4.39 Å². The van der Waals surface area contributed by atoms with E-state index in [1.54, 1.807) is 31.2 Å². The molecular weight excluding hydrogens is 395 g/mol. The highest BCUT2D eigenvalue weighted by Crippen LogP contribution is 2.16. The van der Waals surface area contributed by atoms with Gasteiger partial charge in [0, 0.05) is 6.42 Å². The molecule has 0 aliphatic heterocycles. The first-order valence-electron chi connectivity index (χ1n) is 8.16. The van der Waals surface area contributed by atoms with Gasteiger partial charge >= 0.3 is 0 Å². The van der Waals surface area contributed by atoms with Crippen LogP contribution in [0.3, 0.4) is 0 Å². The molecule has 6 nitrogen and oxygen atoms in total. The van der Waals surface area contributed by atoms with Crippen molar-refractivity contribution in [2.24, 2.45) is 0 Å². The largest absolute Gasteiger partial charge is 0.297 e. The van der Waals surface area contributed by atoms with E-state index in [-0.39, 0.29) is 16.2 Å². The van der Waals surface area contributed by atoms with E-state index >= 15 is 0 Å². The second-order valence-electron chi connectivity index (χ2n) is 6.03. The third-order valence-electron chi connectivity index (χ3n) is 3.69. The van der Waals surface area contributed by atoms with Crippen LogP contribution in [0.5, 0.6) is 0 Å². The highest BCUT2D eigenvalue weighted by Gasteiger charge is 2.20. The van der Waals surface area contributed by atoms with E-state index < -0.39 is 39.6 Å². The Kier molecular flexibility index (Phi) is 7.10. The zero-order valence-corrected chi connectivity index (χ0v) is 16.6. The van der Waals surface area contributed by atoms with Crippen LogP contribution in [-0.4, -0.2) is 36.2 Å². The molecule has 148 valence electrons. The first-order valence-corrected chi connectivity index (χ1v) is 11.0. The van der Waals surface area contributed by atoms with Crippen LogP contribution in [0.15, 0.2) is 58.3 Å². The molecule has 0 bridgehead atoms. The molecule has 0 radical (unpaired) electrons. The van der Waals surface area contributed by atoms with Gasteiger partial charge in [0.2, 0.25) is 0 Å². The molecule has 0 saturated carbocycles. The molecule has 0 fully saturated rings. The quantitative estimate of drug-likeness (QED) is 0.584. The summed E-state index contributed by atoms with van der Waals surface area (Å²) in [5.41, 5.74) is 1.77. The minimum Gasteiger partial charge on any atom is -0.266 e. The highest BCUT2D eigenvalue weighted by molar-refractivity contribution is 7.87. The summed E-state index contributed by atoms with van der Waals surface area (Å²) in [4.78, 5) is -0.0970. The Labute approximate surface area is 159 Å². The average Bonchev–Trinajstić information content (AvgIpc) is 2.61. The summed E-state index contributed by atoms with van der Waals surface area (Å²) < 4.78 is 71.3. The highest BCUT2D eigenvalue weighted by atomic mass is 32.2. The van der Waals surface area contributed by atoms with Gasteiger partial charge in [0.15, 0.2) is 0 Å². The predicted molar refractivity (Wildman–Crippen MR) is 98.1 cm³/mol. The summed E-state index contributed by atoms with van der Waals surface area (Å²) in [6.07, 6.45) is -2.02. The number of halogens is 1. The van der Waals surface area contributed by atoms with Crippen LogP contribution in [0.2, 0.25) is 0 Å². The van der Waals surface area contributed by atoms with Crippen molar-refractivity contribution in [3.63, 3.8) is 0 Å². The molecule has 0 unspecified atom stereocenters. The minimum absolute atomic E-state index is 0.0262. The van der Waals surface area contributed by atoms with Gasteiger partial charge in [0.1, 0.15) is 6.17 Å². The summed E-state index contributed by atoms with van der Waals surface area (Å²) in [5, 5.41) is 0. The van der Waals surface area contributed by atoms with E-state index in [0.717, 1.165) is 11.1 Å². The molecule has 0 saturated heterocycles. The summed E-state index contributed by atoms with van der Waals surface area (Å²) >= 11 is 0. The standard InChI is InChI=1S/C18H21FO6S2/c1-14-3-7-17(8-4-14)26(20,21)24-12-11-16(19)13-25-27(22,23)18-9-5-15(2)6-10-18/h3-10,16H,11-13H2,1-2H3/t16-/m1/s1. The van der Waals surface area contributed by atoms with Crippen molar-refractivity contribution >= 4 is 20.2 Å². The van der Waals surface area contributed by atoms with E-state index in [1.807, 2.05) is 6.92 Å². The Balaban J connectivity index is 1.83. The van der Waals surface area contributed by atoms with Crippen molar-refractivity contribution in [1.82, 2.24) is 0 Å². The third kappa shape index (κ3) is 6.39. The van der Waals surface area contributed by atoms with Gasteiger partial charge in [-0.3, -0.25) is 8.37 Å². The first-order chi connectivity index (χ1) is 12.6. The van der Waals surface area contributed by atoms with Crippen molar-refractivity contribution in [2.75, 3.05) is 13.2 Å². The zero-order valence-electron chi connectivity index (χ0n) is 15.0. The van der Waals surface area contributed by atoms with Crippen LogP contribution >= 0.6 is 0 Å². The molecule has 2 aromatic carbocycles. The number of alkyl halides is 1. The van der Waals surface area contributed by atoms with E-state index in [1.165, 1.54) is 24.3 Å². The second-order valence-corrected chi connectivity index (χ2v) is 9.26. The van der Waals surface area contributed by atoms with E-state index in [9.17, 15) is 21.2 Å². The van der Waals surface area contributed by atoms with Crippen molar-refractivity contribution < 1.29 is 29.6 Å². The Morgan fingerprint density at radius 3 is 1.63 bits per heavy atom. The van der Waals surface area contributed by atoms with Gasteiger partial charge in [-0.25, -0.2) is 4.39 Å². The normalized spacial score (nSPS) is 13.4.